The molecule has 3 aliphatic heterocycles. The molecule has 2 amide bonds. The van der Waals surface area contributed by atoms with Crippen LogP contribution < -0.4 is 11.1 Å². The number of hydrogen-bond acceptors (Lipinski definition) is 6. The first kappa shape index (κ1) is 23.4. The zero-order chi connectivity index (χ0) is 24.3. The quantitative estimate of drug-likeness (QED) is 0.512. The number of halogens is 2. The summed E-state index contributed by atoms with van der Waals surface area (Å²) in [5.41, 5.74) is 5.93. The normalized spacial score (nSPS) is 26.6. The summed E-state index contributed by atoms with van der Waals surface area (Å²) in [7, 11) is 0. The second-order valence-electron chi connectivity index (χ2n) is 11.6. The Morgan fingerprint density at radius 2 is 1.91 bits per heavy atom. The van der Waals surface area contributed by atoms with E-state index < -0.39 is 11.6 Å². The third-order valence-electron chi connectivity index (χ3n) is 8.46. The van der Waals surface area contributed by atoms with Gasteiger partial charge in [-0.1, -0.05) is 6.92 Å². The molecule has 3 heterocycles. The number of nitrogens with one attached hydrogen (secondary N) is 2. The highest BCUT2D eigenvalue weighted by atomic mass is 19.3. The van der Waals surface area contributed by atoms with Crippen LogP contribution in [-0.2, 0) is 0 Å². The van der Waals surface area contributed by atoms with Crippen LogP contribution >= 0.6 is 0 Å². The third kappa shape index (κ3) is 4.47. The Morgan fingerprint density at radius 3 is 2.50 bits per heavy atom. The van der Waals surface area contributed by atoms with E-state index in [0.717, 1.165) is 70.4 Å². The fourth-order valence-electron chi connectivity index (χ4n) is 6.05. The number of piperidine rings is 1. The first-order valence-corrected chi connectivity index (χ1v) is 12.5. The summed E-state index contributed by atoms with van der Waals surface area (Å²) in [6.45, 7) is 6.84. The molecule has 5 rings (SSSR count). The molecule has 0 aromatic rings. The minimum absolute atomic E-state index is 0.139. The van der Waals surface area contributed by atoms with Crippen LogP contribution in [0.2, 0.25) is 0 Å². The van der Waals surface area contributed by atoms with Crippen LogP contribution in [0.25, 0.3) is 0 Å². The first-order chi connectivity index (χ1) is 16.0. The molecule has 4 fully saturated rings. The molecule has 0 aromatic heterocycles. The van der Waals surface area contributed by atoms with Gasteiger partial charge in [0, 0.05) is 49.6 Å². The van der Waals surface area contributed by atoms with Gasteiger partial charge in [-0.3, -0.25) is 10.4 Å². The van der Waals surface area contributed by atoms with Crippen molar-refractivity contribution in [2.24, 2.45) is 27.6 Å². The Balaban J connectivity index is 1.03. The number of urea groups is 1. The molecule has 10 heteroatoms. The van der Waals surface area contributed by atoms with Gasteiger partial charge in [0.2, 0.25) is 0 Å². The monoisotopic (exact) mass is 477 g/mol. The molecule has 5 aliphatic rings. The SMILES string of the molecule is CC(F)(F)C(=N)/C=C(\N)CC1CC2(C1)CN(C(=O)N1CCC(N3CNC(C4(C)CC4)=N3)CC1)C2. The molecule has 0 bridgehead atoms. The fraction of sp³-hybridized carbons (Fsp3) is 0.792. The minimum atomic E-state index is -3.16. The predicted molar refractivity (Wildman–Crippen MR) is 127 cm³/mol. The number of amidine groups is 1. The van der Waals surface area contributed by atoms with Gasteiger partial charge in [-0.2, -0.15) is 13.9 Å². The number of nitrogens with two attached hydrogens (primary N) is 1. The van der Waals surface area contributed by atoms with Crippen molar-refractivity contribution >= 4 is 17.6 Å². The van der Waals surface area contributed by atoms with Crippen molar-refractivity contribution in [1.82, 2.24) is 20.1 Å². The molecule has 0 atom stereocenters. The fourth-order valence-corrected chi connectivity index (χ4v) is 6.05. The minimum Gasteiger partial charge on any atom is -0.402 e. The second kappa shape index (κ2) is 8.09. The van der Waals surface area contributed by atoms with Crippen LogP contribution in [0.5, 0.6) is 0 Å². The van der Waals surface area contributed by atoms with Crippen molar-refractivity contribution in [3.63, 3.8) is 0 Å². The van der Waals surface area contributed by atoms with Crippen molar-refractivity contribution in [2.75, 3.05) is 32.8 Å². The summed E-state index contributed by atoms with van der Waals surface area (Å²) in [6, 6.07) is 0.527. The molecule has 0 aromatic carbocycles. The average Bonchev–Trinajstić information content (AvgIpc) is 3.27. The van der Waals surface area contributed by atoms with E-state index in [1.54, 1.807) is 0 Å². The number of hydrazone groups is 1. The number of allylic oxidation sites excluding steroid dienone is 2. The molecule has 2 aliphatic carbocycles. The maximum atomic E-state index is 13.2. The lowest BCUT2D eigenvalue weighted by Gasteiger charge is -2.60. The van der Waals surface area contributed by atoms with Crippen LogP contribution in [0.3, 0.4) is 0 Å². The number of nitrogens with zero attached hydrogens (tertiary/aromatic N) is 4. The van der Waals surface area contributed by atoms with Gasteiger partial charge in [0.15, 0.2) is 0 Å². The third-order valence-corrected chi connectivity index (χ3v) is 8.46. The van der Waals surface area contributed by atoms with Gasteiger partial charge in [-0.05, 0) is 56.9 Å². The van der Waals surface area contributed by atoms with Gasteiger partial charge in [-0.25, -0.2) is 4.79 Å². The molecule has 4 N–H and O–H groups in total. The number of carbonyl (C=O) groups excluding carboxylic acids is 1. The molecule has 8 nitrogen and oxygen atoms in total. The number of alkyl halides is 2. The van der Waals surface area contributed by atoms with Gasteiger partial charge in [0.25, 0.3) is 5.92 Å². The van der Waals surface area contributed by atoms with Crippen molar-refractivity contribution in [3.05, 3.63) is 11.8 Å². The van der Waals surface area contributed by atoms with E-state index in [2.05, 4.69) is 17.2 Å². The van der Waals surface area contributed by atoms with E-state index in [1.807, 2.05) is 9.80 Å². The summed E-state index contributed by atoms with van der Waals surface area (Å²) in [5.74, 6) is -1.68. The van der Waals surface area contributed by atoms with E-state index in [9.17, 15) is 13.6 Å². The molecule has 2 saturated carbocycles. The predicted octanol–water partition coefficient (Wildman–Crippen LogP) is 3.17. The molecular weight excluding hydrogens is 440 g/mol. The summed E-state index contributed by atoms with van der Waals surface area (Å²) in [4.78, 5) is 16.9. The topological polar surface area (TPSA) is 101 Å². The number of hydrogen-bond donors (Lipinski definition) is 3. The summed E-state index contributed by atoms with van der Waals surface area (Å²) in [5, 5.41) is 17.9. The molecule has 0 radical (unpaired) electrons. The lowest BCUT2D eigenvalue weighted by atomic mass is 9.57. The van der Waals surface area contributed by atoms with Gasteiger partial charge in [0.1, 0.15) is 18.2 Å². The van der Waals surface area contributed by atoms with Crippen LogP contribution in [0.15, 0.2) is 16.9 Å². The Bertz CT molecular complexity index is 901. The van der Waals surface area contributed by atoms with Gasteiger partial charge < -0.3 is 20.9 Å². The zero-order valence-electron chi connectivity index (χ0n) is 20.2. The Kier molecular flexibility index (Phi) is 5.55. The Labute approximate surface area is 200 Å². The van der Waals surface area contributed by atoms with Crippen molar-refractivity contribution in [2.45, 2.75) is 70.8 Å². The number of likely N-dealkylation sites (tertiary alicyclic amines) is 2. The molecule has 34 heavy (non-hydrogen) atoms. The Hall–Kier alpha value is -2.39. The summed E-state index contributed by atoms with van der Waals surface area (Å²) >= 11 is 0. The number of carbonyl (C=O) groups is 1. The molecular formula is C24H37F2N7O. The number of amides is 2. The van der Waals surface area contributed by atoms with Crippen LogP contribution in [0.1, 0.15) is 58.8 Å². The van der Waals surface area contributed by atoms with E-state index in [-0.39, 0.29) is 16.9 Å². The van der Waals surface area contributed by atoms with E-state index >= 15 is 0 Å². The molecule has 0 unspecified atom stereocenters. The molecule has 2 saturated heterocycles. The van der Waals surface area contributed by atoms with E-state index in [4.69, 9.17) is 16.2 Å². The maximum absolute atomic E-state index is 13.2. The van der Waals surface area contributed by atoms with E-state index in [0.29, 0.717) is 31.0 Å². The smallest absolute Gasteiger partial charge is 0.320 e. The lowest BCUT2D eigenvalue weighted by Crippen LogP contribution is -2.66. The standard InChI is InChI=1S/C24H37F2N7O/c1-22(5-6-22)20-29-15-33(30-20)18-3-7-31(8-4-18)21(34)32-13-24(14-32)11-16(12-24)9-17(27)10-19(28)23(2,25)26/h10,16,18,28H,3-9,11-15,27H2,1-2H3,(H,29,30)/b17-10-,28-19?. The highest BCUT2D eigenvalue weighted by Crippen LogP contribution is 2.53. The average molecular weight is 478 g/mol. The number of rotatable bonds is 6. The van der Waals surface area contributed by atoms with Crippen LogP contribution in [0.4, 0.5) is 13.6 Å². The highest BCUT2D eigenvalue weighted by molar-refractivity contribution is 5.98. The summed E-state index contributed by atoms with van der Waals surface area (Å²) < 4.78 is 26.3. The lowest BCUT2D eigenvalue weighted by molar-refractivity contribution is -0.0774. The van der Waals surface area contributed by atoms with Gasteiger partial charge in [0.05, 0.1) is 6.04 Å². The Morgan fingerprint density at radius 1 is 1.26 bits per heavy atom. The van der Waals surface area contributed by atoms with Crippen molar-refractivity contribution < 1.29 is 13.6 Å². The second-order valence-corrected chi connectivity index (χ2v) is 11.6. The zero-order valence-corrected chi connectivity index (χ0v) is 20.2. The largest absolute Gasteiger partial charge is 0.402 e. The van der Waals surface area contributed by atoms with E-state index in [1.165, 1.54) is 12.8 Å². The van der Waals surface area contributed by atoms with Crippen molar-refractivity contribution in [1.29, 1.82) is 5.41 Å². The first-order valence-electron chi connectivity index (χ1n) is 12.5. The van der Waals surface area contributed by atoms with Gasteiger partial charge >= 0.3 is 6.03 Å². The van der Waals surface area contributed by atoms with Crippen LogP contribution in [-0.4, -0.2) is 77.2 Å². The van der Waals surface area contributed by atoms with Gasteiger partial charge in [-0.15, -0.1) is 0 Å². The van der Waals surface area contributed by atoms with Crippen molar-refractivity contribution in [3.8, 4) is 0 Å². The van der Waals surface area contributed by atoms with Crippen LogP contribution in [0, 0.1) is 22.2 Å². The summed E-state index contributed by atoms with van der Waals surface area (Å²) in [6.07, 6.45) is 7.88. The highest BCUT2D eigenvalue weighted by Gasteiger charge is 2.54. The molecule has 1 spiro atoms. The molecule has 188 valence electrons. The maximum Gasteiger partial charge on any atom is 0.320 e.